The van der Waals surface area contributed by atoms with Crippen LogP contribution in [0.2, 0.25) is 0 Å². The molecular weight excluding hydrogens is 388 g/mol. The lowest BCUT2D eigenvalue weighted by Crippen LogP contribution is -2.55. The number of benzene rings is 1. The Morgan fingerprint density at radius 1 is 1.24 bits per heavy atom. The number of piperazine rings is 1. The molecule has 1 saturated heterocycles. The maximum Gasteiger partial charge on any atom is 0.322 e. The molecule has 1 aliphatic rings. The lowest BCUT2D eigenvalue weighted by Gasteiger charge is -2.34. The highest BCUT2D eigenvalue weighted by Crippen LogP contribution is 2.15. The molecule has 25 heavy (non-hydrogen) atoms. The molecule has 1 aromatic carbocycles. The van der Waals surface area contributed by atoms with Gasteiger partial charge in [-0.15, -0.1) is 0 Å². The summed E-state index contributed by atoms with van der Waals surface area (Å²) in [5, 5.41) is 5.60. The summed E-state index contributed by atoms with van der Waals surface area (Å²) >= 11 is 3.34. The summed E-state index contributed by atoms with van der Waals surface area (Å²) in [6, 6.07) is 6.97. The van der Waals surface area contributed by atoms with E-state index in [1.165, 1.54) is 9.80 Å². The Bertz CT molecular complexity index is 635. The number of halogens is 1. The first-order chi connectivity index (χ1) is 11.9. The first-order valence-electron chi connectivity index (χ1n) is 8.27. The number of nitrogens with zero attached hydrogens (tertiary/aromatic N) is 2. The van der Waals surface area contributed by atoms with Crippen molar-refractivity contribution in [3.05, 3.63) is 28.7 Å². The Labute approximate surface area is 155 Å². The molecule has 2 rings (SSSR count). The van der Waals surface area contributed by atoms with Crippen molar-refractivity contribution in [2.24, 2.45) is 0 Å². The van der Waals surface area contributed by atoms with Gasteiger partial charge in [-0.2, -0.15) is 0 Å². The molecule has 1 aliphatic heterocycles. The van der Waals surface area contributed by atoms with Crippen LogP contribution >= 0.6 is 15.9 Å². The molecule has 1 aromatic rings. The first-order valence-corrected chi connectivity index (χ1v) is 9.07. The van der Waals surface area contributed by atoms with E-state index in [-0.39, 0.29) is 37.0 Å². The fourth-order valence-corrected chi connectivity index (χ4v) is 2.64. The number of anilines is 1. The van der Waals surface area contributed by atoms with Gasteiger partial charge in [0.1, 0.15) is 6.54 Å². The Morgan fingerprint density at radius 3 is 2.52 bits per heavy atom. The van der Waals surface area contributed by atoms with E-state index in [0.29, 0.717) is 18.8 Å². The van der Waals surface area contributed by atoms with E-state index in [9.17, 15) is 14.4 Å². The molecule has 0 aliphatic carbocycles. The number of urea groups is 1. The quantitative estimate of drug-likeness (QED) is 0.778. The zero-order chi connectivity index (χ0) is 18.4. The van der Waals surface area contributed by atoms with Crippen LogP contribution in [0.4, 0.5) is 10.5 Å². The molecule has 0 radical (unpaired) electrons. The average molecular weight is 411 g/mol. The van der Waals surface area contributed by atoms with Gasteiger partial charge in [-0.25, -0.2) is 4.79 Å². The van der Waals surface area contributed by atoms with Crippen LogP contribution in [-0.2, 0) is 9.59 Å². The highest BCUT2D eigenvalue weighted by atomic mass is 79.9. The third kappa shape index (κ3) is 5.74. The molecule has 1 atom stereocenters. The standard InChI is InChI=1S/C17H23BrN4O3/c1-3-12(2)19-15(23)10-21-8-9-22(11-16(21)24)17(25)20-14-6-4-13(18)5-7-14/h4-7,12H,3,8-11H2,1-2H3,(H,19,23)(H,20,25). The number of hydrogen-bond acceptors (Lipinski definition) is 3. The van der Waals surface area contributed by atoms with E-state index >= 15 is 0 Å². The normalized spacial score (nSPS) is 15.7. The van der Waals surface area contributed by atoms with Gasteiger partial charge in [0, 0.05) is 29.3 Å². The third-order valence-electron chi connectivity index (χ3n) is 4.06. The van der Waals surface area contributed by atoms with E-state index in [1.807, 2.05) is 26.0 Å². The van der Waals surface area contributed by atoms with Gasteiger partial charge >= 0.3 is 6.03 Å². The molecule has 1 fully saturated rings. The maximum absolute atomic E-state index is 12.3. The Morgan fingerprint density at radius 2 is 1.92 bits per heavy atom. The van der Waals surface area contributed by atoms with E-state index in [1.54, 1.807) is 12.1 Å². The summed E-state index contributed by atoms with van der Waals surface area (Å²) < 4.78 is 0.921. The van der Waals surface area contributed by atoms with Gasteiger partial charge in [0.05, 0.1) is 6.54 Å². The second-order valence-electron chi connectivity index (χ2n) is 6.05. The molecule has 0 bridgehead atoms. The Hall–Kier alpha value is -2.09. The zero-order valence-corrected chi connectivity index (χ0v) is 16.0. The molecule has 0 spiro atoms. The van der Waals surface area contributed by atoms with Gasteiger partial charge in [0.2, 0.25) is 11.8 Å². The lowest BCUT2D eigenvalue weighted by molar-refractivity contribution is -0.139. The van der Waals surface area contributed by atoms with Crippen molar-refractivity contribution in [1.29, 1.82) is 0 Å². The van der Waals surface area contributed by atoms with Crippen LogP contribution in [0.5, 0.6) is 0 Å². The number of carbonyl (C=O) groups is 3. The van der Waals surface area contributed by atoms with Crippen LogP contribution in [0.15, 0.2) is 28.7 Å². The highest BCUT2D eigenvalue weighted by molar-refractivity contribution is 9.10. The van der Waals surface area contributed by atoms with Crippen molar-refractivity contribution in [3.63, 3.8) is 0 Å². The van der Waals surface area contributed by atoms with Gasteiger partial charge < -0.3 is 20.4 Å². The predicted molar refractivity (Wildman–Crippen MR) is 99.2 cm³/mol. The highest BCUT2D eigenvalue weighted by Gasteiger charge is 2.28. The third-order valence-corrected chi connectivity index (χ3v) is 4.58. The molecular formula is C17H23BrN4O3. The minimum absolute atomic E-state index is 0.0288. The molecule has 1 heterocycles. The van der Waals surface area contributed by atoms with Crippen molar-refractivity contribution in [3.8, 4) is 0 Å². The van der Waals surface area contributed by atoms with Crippen LogP contribution in [0.25, 0.3) is 0 Å². The molecule has 8 heteroatoms. The fourth-order valence-electron chi connectivity index (χ4n) is 2.38. The zero-order valence-electron chi connectivity index (χ0n) is 14.4. The smallest absolute Gasteiger partial charge is 0.322 e. The van der Waals surface area contributed by atoms with Crippen molar-refractivity contribution < 1.29 is 14.4 Å². The van der Waals surface area contributed by atoms with Gasteiger partial charge in [0.15, 0.2) is 0 Å². The van der Waals surface area contributed by atoms with Crippen molar-refractivity contribution >= 4 is 39.5 Å². The molecule has 136 valence electrons. The lowest BCUT2D eigenvalue weighted by atomic mass is 10.2. The molecule has 0 aromatic heterocycles. The van der Waals surface area contributed by atoms with Crippen molar-refractivity contribution in [1.82, 2.24) is 15.1 Å². The number of hydrogen-bond donors (Lipinski definition) is 2. The summed E-state index contributed by atoms with van der Waals surface area (Å²) in [4.78, 5) is 39.3. The number of nitrogens with one attached hydrogen (secondary N) is 2. The summed E-state index contributed by atoms with van der Waals surface area (Å²) in [6.45, 7) is 4.65. The van der Waals surface area contributed by atoms with E-state index < -0.39 is 0 Å². The van der Waals surface area contributed by atoms with Crippen LogP contribution in [0.3, 0.4) is 0 Å². The van der Waals surface area contributed by atoms with Gasteiger partial charge in [0.25, 0.3) is 0 Å². The first kappa shape index (κ1) is 19.2. The summed E-state index contributed by atoms with van der Waals surface area (Å²) in [5.74, 6) is -0.396. The number of rotatable bonds is 5. The second-order valence-corrected chi connectivity index (χ2v) is 6.97. The summed E-state index contributed by atoms with van der Waals surface area (Å²) in [5.41, 5.74) is 0.663. The number of carbonyl (C=O) groups excluding carboxylic acids is 3. The van der Waals surface area contributed by atoms with E-state index in [2.05, 4.69) is 26.6 Å². The van der Waals surface area contributed by atoms with E-state index in [0.717, 1.165) is 10.9 Å². The van der Waals surface area contributed by atoms with Crippen molar-refractivity contribution in [2.75, 3.05) is 31.5 Å². The van der Waals surface area contributed by atoms with Crippen LogP contribution in [-0.4, -0.2) is 59.9 Å². The average Bonchev–Trinajstić information content (AvgIpc) is 2.58. The predicted octanol–water partition coefficient (Wildman–Crippen LogP) is 2.04. The van der Waals surface area contributed by atoms with Gasteiger partial charge in [-0.05, 0) is 37.6 Å². The summed E-state index contributed by atoms with van der Waals surface area (Å²) in [6.07, 6.45) is 0.837. The van der Waals surface area contributed by atoms with Crippen molar-refractivity contribution in [2.45, 2.75) is 26.3 Å². The maximum atomic E-state index is 12.3. The van der Waals surface area contributed by atoms with Gasteiger partial charge in [-0.3, -0.25) is 9.59 Å². The van der Waals surface area contributed by atoms with Gasteiger partial charge in [-0.1, -0.05) is 22.9 Å². The Kier molecular flexibility index (Phi) is 6.81. The summed E-state index contributed by atoms with van der Waals surface area (Å²) in [7, 11) is 0. The van der Waals surface area contributed by atoms with Crippen LogP contribution in [0, 0.1) is 0 Å². The SMILES string of the molecule is CCC(C)NC(=O)CN1CCN(C(=O)Nc2ccc(Br)cc2)CC1=O. The molecule has 2 N–H and O–H groups in total. The topological polar surface area (TPSA) is 81.8 Å². The molecule has 1 unspecified atom stereocenters. The monoisotopic (exact) mass is 410 g/mol. The minimum atomic E-state index is -0.320. The van der Waals surface area contributed by atoms with Crippen LogP contribution in [0.1, 0.15) is 20.3 Å². The molecule has 7 nitrogen and oxygen atoms in total. The minimum Gasteiger partial charge on any atom is -0.352 e. The van der Waals surface area contributed by atoms with Crippen LogP contribution < -0.4 is 10.6 Å². The van der Waals surface area contributed by atoms with E-state index in [4.69, 9.17) is 0 Å². The second kappa shape index (κ2) is 8.84. The molecule has 4 amide bonds. The Balaban J connectivity index is 1.84. The fraction of sp³-hybridized carbons (Fsp3) is 0.471. The number of amides is 4. The largest absolute Gasteiger partial charge is 0.352 e. The molecule has 0 saturated carbocycles.